The van der Waals surface area contributed by atoms with Gasteiger partial charge in [0.1, 0.15) is 0 Å². The molecule has 0 aliphatic heterocycles. The number of esters is 1. The van der Waals surface area contributed by atoms with Crippen LogP contribution in [0.25, 0.3) is 0 Å². The van der Waals surface area contributed by atoms with Crippen LogP contribution in [0.2, 0.25) is 0 Å². The summed E-state index contributed by atoms with van der Waals surface area (Å²) in [5.74, 6) is -2.32. The maximum Gasteiger partial charge on any atom is 0.310 e. The molecule has 1 rings (SSSR count). The molecule has 0 radical (unpaired) electrons. The largest absolute Gasteiger partial charge is 0.481 e. The van der Waals surface area contributed by atoms with Crippen LogP contribution in [0.1, 0.15) is 27.2 Å². The molecular formula is C10H16O4. The number of hydrogen-bond donors (Lipinski definition) is 1. The van der Waals surface area contributed by atoms with E-state index in [1.807, 2.05) is 6.92 Å². The van der Waals surface area contributed by atoms with E-state index in [0.717, 1.165) is 6.42 Å². The van der Waals surface area contributed by atoms with Crippen molar-refractivity contribution in [2.45, 2.75) is 27.2 Å². The predicted molar refractivity (Wildman–Crippen MR) is 49.6 cm³/mol. The Hall–Kier alpha value is -1.06. The van der Waals surface area contributed by atoms with Crippen LogP contribution in [0.15, 0.2) is 0 Å². The second kappa shape index (κ2) is 3.59. The van der Waals surface area contributed by atoms with Gasteiger partial charge in [-0.15, -0.1) is 0 Å². The molecule has 0 heterocycles. The first-order valence-electron chi connectivity index (χ1n) is 4.82. The lowest BCUT2D eigenvalue weighted by molar-refractivity contribution is -0.149. The van der Waals surface area contributed by atoms with Crippen molar-refractivity contribution in [3.63, 3.8) is 0 Å². The van der Waals surface area contributed by atoms with E-state index < -0.39 is 23.2 Å². The van der Waals surface area contributed by atoms with Crippen LogP contribution in [0.5, 0.6) is 0 Å². The van der Waals surface area contributed by atoms with Crippen molar-refractivity contribution in [3.8, 4) is 0 Å². The molecule has 0 bridgehead atoms. The Bertz CT molecular complexity index is 257. The van der Waals surface area contributed by atoms with Gasteiger partial charge in [0.25, 0.3) is 0 Å². The number of carboxylic acids is 1. The fourth-order valence-electron chi connectivity index (χ4n) is 1.83. The van der Waals surface area contributed by atoms with Gasteiger partial charge in [0.2, 0.25) is 0 Å². The summed E-state index contributed by atoms with van der Waals surface area (Å²) in [6, 6.07) is 0. The van der Waals surface area contributed by atoms with E-state index in [-0.39, 0.29) is 5.97 Å². The third-order valence-corrected chi connectivity index (χ3v) is 2.80. The molecule has 80 valence electrons. The molecule has 4 nitrogen and oxygen atoms in total. The lowest BCUT2D eigenvalue weighted by Gasteiger charge is -2.02. The molecule has 0 saturated heterocycles. The highest BCUT2D eigenvalue weighted by atomic mass is 16.5. The summed E-state index contributed by atoms with van der Waals surface area (Å²) in [6.07, 6.45) is 0.761. The van der Waals surface area contributed by atoms with E-state index in [1.54, 1.807) is 13.8 Å². The summed E-state index contributed by atoms with van der Waals surface area (Å²) in [4.78, 5) is 22.2. The van der Waals surface area contributed by atoms with E-state index in [4.69, 9.17) is 9.84 Å². The second-order valence-electron chi connectivity index (χ2n) is 4.28. The van der Waals surface area contributed by atoms with Gasteiger partial charge in [-0.05, 0) is 11.8 Å². The van der Waals surface area contributed by atoms with Gasteiger partial charge in [-0.2, -0.15) is 0 Å². The molecule has 1 N–H and O–H groups in total. The number of carbonyl (C=O) groups excluding carboxylic acids is 1. The molecular weight excluding hydrogens is 184 g/mol. The molecule has 1 saturated carbocycles. The summed E-state index contributed by atoms with van der Waals surface area (Å²) in [5, 5.41) is 8.83. The van der Waals surface area contributed by atoms with Crippen LogP contribution in [0, 0.1) is 17.3 Å². The zero-order valence-corrected chi connectivity index (χ0v) is 8.74. The Morgan fingerprint density at radius 1 is 1.36 bits per heavy atom. The van der Waals surface area contributed by atoms with Gasteiger partial charge in [-0.1, -0.05) is 20.8 Å². The molecule has 2 atom stereocenters. The highest BCUT2D eigenvalue weighted by molar-refractivity contribution is 5.88. The van der Waals surface area contributed by atoms with Gasteiger partial charge in [0.15, 0.2) is 0 Å². The van der Waals surface area contributed by atoms with Gasteiger partial charge in [-0.25, -0.2) is 0 Å². The molecule has 0 aromatic rings. The van der Waals surface area contributed by atoms with E-state index >= 15 is 0 Å². The van der Waals surface area contributed by atoms with Crippen molar-refractivity contribution < 1.29 is 19.4 Å². The maximum atomic E-state index is 11.4. The normalized spacial score (nSPS) is 28.2. The lowest BCUT2D eigenvalue weighted by Crippen LogP contribution is -2.12. The van der Waals surface area contributed by atoms with Crippen molar-refractivity contribution in [1.82, 2.24) is 0 Å². The van der Waals surface area contributed by atoms with Gasteiger partial charge in [0.05, 0.1) is 18.4 Å². The zero-order valence-electron chi connectivity index (χ0n) is 8.74. The summed E-state index contributed by atoms with van der Waals surface area (Å²) < 4.78 is 4.93. The van der Waals surface area contributed by atoms with E-state index in [1.165, 1.54) is 0 Å². The maximum absolute atomic E-state index is 11.4. The quantitative estimate of drug-likeness (QED) is 0.695. The fraction of sp³-hybridized carbons (Fsp3) is 0.800. The third-order valence-electron chi connectivity index (χ3n) is 2.80. The Morgan fingerprint density at radius 2 is 1.93 bits per heavy atom. The van der Waals surface area contributed by atoms with E-state index in [0.29, 0.717) is 6.61 Å². The van der Waals surface area contributed by atoms with Crippen LogP contribution in [0.4, 0.5) is 0 Å². The van der Waals surface area contributed by atoms with Gasteiger partial charge >= 0.3 is 11.9 Å². The lowest BCUT2D eigenvalue weighted by atomic mass is 10.1. The van der Waals surface area contributed by atoms with E-state index in [9.17, 15) is 9.59 Å². The number of ether oxygens (including phenoxy) is 1. The monoisotopic (exact) mass is 200 g/mol. The van der Waals surface area contributed by atoms with Crippen molar-refractivity contribution in [3.05, 3.63) is 0 Å². The van der Waals surface area contributed by atoms with Crippen molar-refractivity contribution in [1.29, 1.82) is 0 Å². The standard InChI is InChI=1S/C10H16O4/c1-4-5-14-9(13)7-6(8(11)12)10(7,2)3/h6-7H,4-5H2,1-3H3,(H,11,12). The Balaban J connectivity index is 2.55. The van der Waals surface area contributed by atoms with Crippen molar-refractivity contribution >= 4 is 11.9 Å². The summed E-state index contributed by atoms with van der Waals surface area (Å²) in [7, 11) is 0. The number of aliphatic carboxylic acids is 1. The van der Waals surface area contributed by atoms with E-state index in [2.05, 4.69) is 0 Å². The highest BCUT2D eigenvalue weighted by Crippen LogP contribution is 2.58. The number of carbonyl (C=O) groups is 2. The van der Waals surface area contributed by atoms with Crippen LogP contribution in [-0.2, 0) is 14.3 Å². The van der Waals surface area contributed by atoms with Gasteiger partial charge in [0, 0.05) is 0 Å². The van der Waals surface area contributed by atoms with Crippen LogP contribution >= 0.6 is 0 Å². The minimum Gasteiger partial charge on any atom is -0.481 e. The topological polar surface area (TPSA) is 63.6 Å². The molecule has 0 spiro atoms. The van der Waals surface area contributed by atoms with Crippen LogP contribution < -0.4 is 0 Å². The smallest absolute Gasteiger partial charge is 0.310 e. The average Bonchev–Trinajstić information content (AvgIpc) is 2.65. The SMILES string of the molecule is CCCOC(=O)C1C(C(=O)O)C1(C)C. The Kier molecular flexibility index (Phi) is 2.83. The van der Waals surface area contributed by atoms with Gasteiger partial charge in [-0.3, -0.25) is 9.59 Å². The van der Waals surface area contributed by atoms with Crippen molar-refractivity contribution in [2.75, 3.05) is 6.61 Å². The highest BCUT2D eigenvalue weighted by Gasteiger charge is 2.66. The first kappa shape index (κ1) is 11.0. The minimum absolute atomic E-state index is 0.371. The Labute approximate surface area is 83.2 Å². The minimum atomic E-state index is -0.909. The Morgan fingerprint density at radius 3 is 2.29 bits per heavy atom. The fourth-order valence-corrected chi connectivity index (χ4v) is 1.83. The number of hydrogen-bond acceptors (Lipinski definition) is 3. The molecule has 4 heteroatoms. The van der Waals surface area contributed by atoms with Gasteiger partial charge < -0.3 is 9.84 Å². The average molecular weight is 200 g/mol. The molecule has 1 aliphatic rings. The molecule has 0 aromatic carbocycles. The molecule has 1 aliphatic carbocycles. The second-order valence-corrected chi connectivity index (χ2v) is 4.28. The number of rotatable bonds is 4. The first-order chi connectivity index (χ1) is 6.42. The molecule has 14 heavy (non-hydrogen) atoms. The molecule has 2 unspecified atom stereocenters. The molecule has 0 aromatic heterocycles. The molecule has 0 amide bonds. The zero-order chi connectivity index (χ0) is 10.9. The summed E-state index contributed by atoms with van der Waals surface area (Å²) in [6.45, 7) is 5.84. The predicted octanol–water partition coefficient (Wildman–Crippen LogP) is 1.30. The number of carboxylic acid groups (broad SMARTS) is 1. The summed E-state index contributed by atoms with van der Waals surface area (Å²) in [5.41, 5.74) is -0.448. The first-order valence-corrected chi connectivity index (χ1v) is 4.82. The van der Waals surface area contributed by atoms with Crippen molar-refractivity contribution in [2.24, 2.45) is 17.3 Å². The molecule has 1 fully saturated rings. The van der Waals surface area contributed by atoms with Crippen LogP contribution in [-0.4, -0.2) is 23.7 Å². The van der Waals surface area contributed by atoms with Crippen LogP contribution in [0.3, 0.4) is 0 Å². The summed E-state index contributed by atoms with van der Waals surface area (Å²) >= 11 is 0. The third kappa shape index (κ3) is 1.74.